The molecule has 0 bridgehead atoms. The van der Waals surface area contributed by atoms with Crippen molar-refractivity contribution in [3.63, 3.8) is 0 Å². The molecule has 0 amide bonds. The standard InChI is InChI=1S/C21H41NO2/c1-2-13-22(14-7-16-23-18-20-9-3-4-10-20)15-8-17-24-19-21-11-5-6-12-21/h20-21H,2-19H2,1H3. The number of hydrogen-bond acceptors (Lipinski definition) is 3. The van der Waals surface area contributed by atoms with Crippen LogP contribution in [-0.2, 0) is 9.47 Å². The Bertz CT molecular complexity index is 260. The lowest BCUT2D eigenvalue weighted by atomic mass is 10.1. The van der Waals surface area contributed by atoms with E-state index in [1.165, 1.54) is 90.3 Å². The van der Waals surface area contributed by atoms with Gasteiger partial charge in [0.15, 0.2) is 0 Å². The molecule has 2 fully saturated rings. The van der Waals surface area contributed by atoms with Crippen LogP contribution in [0.4, 0.5) is 0 Å². The summed E-state index contributed by atoms with van der Waals surface area (Å²) in [6.07, 6.45) is 14.8. The highest BCUT2D eigenvalue weighted by atomic mass is 16.5. The van der Waals surface area contributed by atoms with Crippen LogP contribution in [0.15, 0.2) is 0 Å². The van der Waals surface area contributed by atoms with E-state index in [0.717, 1.165) is 38.3 Å². The maximum atomic E-state index is 5.89. The number of nitrogens with zero attached hydrogens (tertiary/aromatic N) is 1. The molecule has 0 atom stereocenters. The summed E-state index contributed by atoms with van der Waals surface area (Å²) in [5, 5.41) is 0. The zero-order valence-corrected chi connectivity index (χ0v) is 16.1. The average molecular weight is 340 g/mol. The van der Waals surface area contributed by atoms with Crippen molar-refractivity contribution in [2.75, 3.05) is 46.1 Å². The summed E-state index contributed by atoms with van der Waals surface area (Å²) in [7, 11) is 0. The number of hydrogen-bond donors (Lipinski definition) is 0. The first-order valence-electron chi connectivity index (χ1n) is 10.8. The molecule has 0 N–H and O–H groups in total. The third-order valence-corrected chi connectivity index (χ3v) is 5.72. The maximum Gasteiger partial charge on any atom is 0.0494 e. The van der Waals surface area contributed by atoms with E-state index in [2.05, 4.69) is 11.8 Å². The Morgan fingerprint density at radius 1 is 0.708 bits per heavy atom. The summed E-state index contributed by atoms with van der Waals surface area (Å²) in [6.45, 7) is 9.74. The Morgan fingerprint density at radius 3 is 1.58 bits per heavy atom. The van der Waals surface area contributed by atoms with E-state index in [-0.39, 0.29) is 0 Å². The predicted octanol–water partition coefficient (Wildman–Crippen LogP) is 4.89. The van der Waals surface area contributed by atoms with Gasteiger partial charge in [0.1, 0.15) is 0 Å². The van der Waals surface area contributed by atoms with Crippen LogP contribution in [0.5, 0.6) is 0 Å². The third kappa shape index (κ3) is 8.82. The summed E-state index contributed by atoms with van der Waals surface area (Å²) in [4.78, 5) is 2.60. The van der Waals surface area contributed by atoms with Crippen molar-refractivity contribution < 1.29 is 9.47 Å². The highest BCUT2D eigenvalue weighted by Crippen LogP contribution is 2.25. The fourth-order valence-electron chi connectivity index (χ4n) is 4.29. The fourth-order valence-corrected chi connectivity index (χ4v) is 4.29. The zero-order valence-electron chi connectivity index (χ0n) is 16.1. The van der Waals surface area contributed by atoms with Gasteiger partial charge in [-0.05, 0) is 63.3 Å². The van der Waals surface area contributed by atoms with Gasteiger partial charge in [0.05, 0.1) is 0 Å². The fraction of sp³-hybridized carbons (Fsp3) is 1.00. The highest BCUT2D eigenvalue weighted by Gasteiger charge is 2.15. The first-order chi connectivity index (χ1) is 11.9. The monoisotopic (exact) mass is 339 g/mol. The molecule has 2 aliphatic rings. The summed E-state index contributed by atoms with van der Waals surface area (Å²) in [5.41, 5.74) is 0. The molecule has 142 valence electrons. The Morgan fingerprint density at radius 2 is 1.17 bits per heavy atom. The van der Waals surface area contributed by atoms with Gasteiger partial charge in [-0.3, -0.25) is 0 Å². The maximum absolute atomic E-state index is 5.89. The molecule has 0 aromatic carbocycles. The topological polar surface area (TPSA) is 21.7 Å². The van der Waals surface area contributed by atoms with Gasteiger partial charge in [-0.2, -0.15) is 0 Å². The normalized spacial score (nSPS) is 19.8. The SMILES string of the molecule is CCCN(CCCOCC1CCCC1)CCCOCC1CCCC1. The molecular weight excluding hydrogens is 298 g/mol. The molecule has 2 aliphatic carbocycles. The largest absolute Gasteiger partial charge is 0.381 e. The summed E-state index contributed by atoms with van der Waals surface area (Å²) >= 11 is 0. The van der Waals surface area contributed by atoms with Crippen LogP contribution in [-0.4, -0.2) is 51.0 Å². The molecule has 0 radical (unpaired) electrons. The highest BCUT2D eigenvalue weighted by molar-refractivity contribution is 4.67. The molecule has 0 unspecified atom stereocenters. The zero-order chi connectivity index (χ0) is 16.9. The van der Waals surface area contributed by atoms with Crippen molar-refractivity contribution in [3.8, 4) is 0 Å². The van der Waals surface area contributed by atoms with Gasteiger partial charge in [0.25, 0.3) is 0 Å². The Labute approximate surface area is 150 Å². The number of ether oxygens (including phenoxy) is 2. The molecule has 0 saturated heterocycles. The van der Waals surface area contributed by atoms with E-state index >= 15 is 0 Å². The molecule has 3 heteroatoms. The van der Waals surface area contributed by atoms with Crippen LogP contribution in [0, 0.1) is 11.8 Å². The molecule has 24 heavy (non-hydrogen) atoms. The van der Waals surface area contributed by atoms with Crippen molar-refractivity contribution in [1.29, 1.82) is 0 Å². The molecule has 2 saturated carbocycles. The van der Waals surface area contributed by atoms with Gasteiger partial charge in [-0.1, -0.05) is 32.6 Å². The predicted molar refractivity (Wildman–Crippen MR) is 102 cm³/mol. The molecule has 0 aromatic heterocycles. The minimum absolute atomic E-state index is 0.855. The minimum atomic E-state index is 0.855. The Balaban J connectivity index is 1.42. The summed E-state index contributed by atoms with van der Waals surface area (Å²) in [5.74, 6) is 1.71. The molecular formula is C21H41NO2. The molecule has 3 nitrogen and oxygen atoms in total. The van der Waals surface area contributed by atoms with Gasteiger partial charge < -0.3 is 14.4 Å². The second kappa shape index (κ2) is 13.1. The summed E-state index contributed by atoms with van der Waals surface area (Å²) in [6, 6.07) is 0. The van der Waals surface area contributed by atoms with Crippen LogP contribution in [0.25, 0.3) is 0 Å². The smallest absolute Gasteiger partial charge is 0.0494 e. The summed E-state index contributed by atoms with van der Waals surface area (Å²) < 4.78 is 11.8. The quantitative estimate of drug-likeness (QED) is 0.420. The van der Waals surface area contributed by atoms with E-state index in [9.17, 15) is 0 Å². The van der Waals surface area contributed by atoms with E-state index in [1.807, 2.05) is 0 Å². The Kier molecular flexibility index (Phi) is 11.1. The molecule has 2 rings (SSSR count). The van der Waals surface area contributed by atoms with E-state index in [4.69, 9.17) is 9.47 Å². The first-order valence-corrected chi connectivity index (χ1v) is 10.8. The molecule has 0 spiro atoms. The van der Waals surface area contributed by atoms with Crippen molar-refractivity contribution in [2.45, 2.75) is 77.6 Å². The molecule has 0 aromatic rings. The van der Waals surface area contributed by atoms with Gasteiger partial charge >= 0.3 is 0 Å². The second-order valence-electron chi connectivity index (χ2n) is 8.00. The lowest BCUT2D eigenvalue weighted by molar-refractivity contribution is 0.0820. The minimum Gasteiger partial charge on any atom is -0.381 e. The van der Waals surface area contributed by atoms with Crippen molar-refractivity contribution >= 4 is 0 Å². The Hall–Kier alpha value is -0.120. The average Bonchev–Trinajstić information content (AvgIpc) is 3.27. The van der Waals surface area contributed by atoms with Gasteiger partial charge in [0.2, 0.25) is 0 Å². The van der Waals surface area contributed by atoms with Crippen LogP contribution < -0.4 is 0 Å². The van der Waals surface area contributed by atoms with Crippen LogP contribution in [0.1, 0.15) is 77.6 Å². The third-order valence-electron chi connectivity index (χ3n) is 5.72. The van der Waals surface area contributed by atoms with Crippen molar-refractivity contribution in [2.24, 2.45) is 11.8 Å². The van der Waals surface area contributed by atoms with Gasteiger partial charge in [-0.15, -0.1) is 0 Å². The van der Waals surface area contributed by atoms with Crippen molar-refractivity contribution in [3.05, 3.63) is 0 Å². The van der Waals surface area contributed by atoms with Gasteiger partial charge in [-0.25, -0.2) is 0 Å². The van der Waals surface area contributed by atoms with Crippen molar-refractivity contribution in [1.82, 2.24) is 4.90 Å². The van der Waals surface area contributed by atoms with E-state index in [0.29, 0.717) is 0 Å². The lowest BCUT2D eigenvalue weighted by Gasteiger charge is -2.22. The lowest BCUT2D eigenvalue weighted by Crippen LogP contribution is -2.28. The van der Waals surface area contributed by atoms with Crippen LogP contribution in [0.2, 0.25) is 0 Å². The van der Waals surface area contributed by atoms with E-state index < -0.39 is 0 Å². The van der Waals surface area contributed by atoms with Crippen LogP contribution >= 0.6 is 0 Å². The number of rotatable bonds is 14. The van der Waals surface area contributed by atoms with Gasteiger partial charge in [0, 0.05) is 39.5 Å². The second-order valence-corrected chi connectivity index (χ2v) is 8.00. The van der Waals surface area contributed by atoms with E-state index in [1.54, 1.807) is 0 Å². The van der Waals surface area contributed by atoms with Crippen LogP contribution in [0.3, 0.4) is 0 Å². The molecule has 0 heterocycles. The first kappa shape index (κ1) is 20.2. The molecule has 0 aliphatic heterocycles.